The summed E-state index contributed by atoms with van der Waals surface area (Å²) >= 11 is 1.36. The number of H-pyrrole nitrogens is 1. The number of hydrogen-bond acceptors (Lipinski definition) is 6. The highest BCUT2D eigenvalue weighted by Gasteiger charge is 2.36. The topological polar surface area (TPSA) is 93.1 Å². The Hall–Kier alpha value is -2.52. The van der Waals surface area contributed by atoms with E-state index in [0.29, 0.717) is 22.6 Å². The van der Waals surface area contributed by atoms with Gasteiger partial charge in [0.1, 0.15) is 16.6 Å². The average molecular weight is 387 g/mol. The highest BCUT2D eigenvalue weighted by Crippen LogP contribution is 2.34. The Bertz CT molecular complexity index is 1020. The van der Waals surface area contributed by atoms with Gasteiger partial charge >= 0.3 is 0 Å². The van der Waals surface area contributed by atoms with Crippen LogP contribution < -0.4 is 5.56 Å². The molecule has 1 amide bonds. The third-order valence-electron chi connectivity index (χ3n) is 4.92. The van der Waals surface area contributed by atoms with Crippen LogP contribution in [0.2, 0.25) is 0 Å². The van der Waals surface area contributed by atoms with Gasteiger partial charge in [-0.3, -0.25) is 14.3 Å². The molecule has 4 heterocycles. The normalized spacial score (nSPS) is 20.1. The second kappa shape index (κ2) is 7.24. The van der Waals surface area contributed by atoms with Crippen LogP contribution in [0.1, 0.15) is 30.5 Å². The molecule has 3 aromatic rings. The fraction of sp³-hybridized carbons (Fsp3) is 0.444. The molecule has 0 aliphatic carbocycles. The third kappa shape index (κ3) is 3.40. The van der Waals surface area contributed by atoms with Gasteiger partial charge in [-0.05, 0) is 30.4 Å². The summed E-state index contributed by atoms with van der Waals surface area (Å²) in [5, 5.41) is 6.03. The maximum absolute atomic E-state index is 13.1. The van der Waals surface area contributed by atoms with Gasteiger partial charge in [0.05, 0.1) is 23.7 Å². The number of rotatable bonds is 4. The second-order valence-corrected chi connectivity index (χ2v) is 7.68. The molecule has 1 N–H and O–H groups in total. The predicted molar refractivity (Wildman–Crippen MR) is 101 cm³/mol. The van der Waals surface area contributed by atoms with Crippen molar-refractivity contribution in [1.29, 1.82) is 0 Å². The van der Waals surface area contributed by atoms with E-state index < -0.39 is 0 Å². The molecule has 27 heavy (non-hydrogen) atoms. The van der Waals surface area contributed by atoms with Crippen LogP contribution in [0.3, 0.4) is 0 Å². The highest BCUT2D eigenvalue weighted by atomic mass is 32.1. The van der Waals surface area contributed by atoms with Crippen molar-refractivity contribution >= 4 is 27.5 Å². The lowest BCUT2D eigenvalue weighted by Crippen LogP contribution is -2.39. The summed E-state index contributed by atoms with van der Waals surface area (Å²) < 4.78 is 8.27. The van der Waals surface area contributed by atoms with Gasteiger partial charge in [-0.2, -0.15) is 5.10 Å². The van der Waals surface area contributed by atoms with Crippen molar-refractivity contribution in [3.8, 4) is 0 Å². The van der Waals surface area contributed by atoms with Crippen molar-refractivity contribution in [2.24, 2.45) is 13.0 Å². The van der Waals surface area contributed by atoms with Gasteiger partial charge in [0.2, 0.25) is 5.91 Å². The SMILES string of the molecule is CN(Cc1nc2ccsc2c(=O)[nH]1)C(=O)[C@@H]1CCCO[C@H]1c1ccnn1C. The first-order valence-electron chi connectivity index (χ1n) is 8.85. The fourth-order valence-corrected chi connectivity index (χ4v) is 4.30. The molecule has 1 saturated heterocycles. The molecule has 4 rings (SSSR count). The molecular weight excluding hydrogens is 366 g/mol. The monoisotopic (exact) mass is 387 g/mol. The lowest BCUT2D eigenvalue weighted by molar-refractivity contribution is -0.145. The standard InChI is InChI=1S/C18H21N5O3S/c1-22(10-14-20-12-6-9-27-16(12)17(24)21-14)18(25)11-4-3-8-26-15(11)13-5-7-19-23(13)2/h5-7,9,11,15H,3-4,8,10H2,1-2H3,(H,20,21,24)/t11-,15-/m1/s1. The van der Waals surface area contributed by atoms with Crippen molar-refractivity contribution in [2.45, 2.75) is 25.5 Å². The van der Waals surface area contributed by atoms with Crippen LogP contribution in [-0.4, -0.2) is 44.2 Å². The highest BCUT2D eigenvalue weighted by molar-refractivity contribution is 7.17. The fourth-order valence-electron chi connectivity index (χ4n) is 3.57. The maximum atomic E-state index is 13.1. The Morgan fingerprint density at radius 1 is 1.48 bits per heavy atom. The minimum atomic E-state index is -0.312. The van der Waals surface area contributed by atoms with Gasteiger partial charge in [-0.15, -0.1) is 11.3 Å². The summed E-state index contributed by atoms with van der Waals surface area (Å²) in [5.41, 5.74) is 1.39. The van der Waals surface area contributed by atoms with Crippen molar-refractivity contribution in [3.63, 3.8) is 0 Å². The van der Waals surface area contributed by atoms with Crippen LogP contribution in [0.15, 0.2) is 28.5 Å². The first kappa shape index (κ1) is 17.9. The van der Waals surface area contributed by atoms with Gasteiger partial charge in [0.15, 0.2) is 0 Å². The summed E-state index contributed by atoms with van der Waals surface area (Å²) in [4.78, 5) is 34.1. The summed E-state index contributed by atoms with van der Waals surface area (Å²) in [7, 11) is 3.58. The van der Waals surface area contributed by atoms with Crippen LogP contribution in [0.5, 0.6) is 0 Å². The maximum Gasteiger partial charge on any atom is 0.268 e. The summed E-state index contributed by atoms with van der Waals surface area (Å²) in [6, 6.07) is 3.70. The quantitative estimate of drug-likeness (QED) is 0.737. The smallest absolute Gasteiger partial charge is 0.268 e. The molecule has 8 nitrogen and oxygen atoms in total. The molecule has 1 aliphatic rings. The number of aromatic amines is 1. The number of fused-ring (bicyclic) bond motifs is 1. The van der Waals surface area contributed by atoms with Crippen LogP contribution in [-0.2, 0) is 23.1 Å². The number of aryl methyl sites for hydroxylation is 1. The number of thiophene rings is 1. The molecule has 0 unspecified atom stereocenters. The Kier molecular flexibility index (Phi) is 4.79. The molecule has 0 spiro atoms. The lowest BCUT2D eigenvalue weighted by atomic mass is 9.90. The summed E-state index contributed by atoms with van der Waals surface area (Å²) in [5.74, 6) is 0.181. The average Bonchev–Trinajstić information content (AvgIpc) is 3.30. The van der Waals surface area contributed by atoms with Crippen LogP contribution >= 0.6 is 11.3 Å². The Morgan fingerprint density at radius 2 is 2.33 bits per heavy atom. The number of carbonyl (C=O) groups is 1. The number of aromatic nitrogens is 4. The predicted octanol–water partition coefficient (Wildman–Crippen LogP) is 1.84. The third-order valence-corrected chi connectivity index (χ3v) is 5.82. The number of nitrogens with zero attached hydrogens (tertiary/aromatic N) is 4. The molecule has 1 aliphatic heterocycles. The van der Waals surface area contributed by atoms with Gasteiger partial charge < -0.3 is 14.6 Å². The Labute approximate surface area is 159 Å². The van der Waals surface area contributed by atoms with E-state index in [2.05, 4.69) is 15.1 Å². The van der Waals surface area contributed by atoms with Crippen molar-refractivity contribution in [1.82, 2.24) is 24.6 Å². The van der Waals surface area contributed by atoms with Crippen molar-refractivity contribution < 1.29 is 9.53 Å². The minimum Gasteiger partial charge on any atom is -0.371 e. The summed E-state index contributed by atoms with van der Waals surface area (Å²) in [6.45, 7) is 0.876. The van der Waals surface area contributed by atoms with Gasteiger partial charge in [-0.25, -0.2) is 4.98 Å². The van der Waals surface area contributed by atoms with Crippen LogP contribution in [0.25, 0.3) is 10.2 Å². The molecule has 9 heteroatoms. The van der Waals surface area contributed by atoms with E-state index in [-0.39, 0.29) is 30.0 Å². The van der Waals surface area contributed by atoms with E-state index >= 15 is 0 Å². The van der Waals surface area contributed by atoms with Crippen molar-refractivity contribution in [3.05, 3.63) is 45.6 Å². The van der Waals surface area contributed by atoms with Gasteiger partial charge in [0.25, 0.3) is 5.56 Å². The number of ether oxygens (including phenoxy) is 1. The van der Waals surface area contributed by atoms with E-state index in [0.717, 1.165) is 18.5 Å². The molecule has 0 bridgehead atoms. The lowest BCUT2D eigenvalue weighted by Gasteiger charge is -2.33. The first-order valence-corrected chi connectivity index (χ1v) is 9.73. The van der Waals surface area contributed by atoms with E-state index in [4.69, 9.17) is 4.74 Å². The molecule has 0 saturated carbocycles. The summed E-state index contributed by atoms with van der Waals surface area (Å²) in [6.07, 6.45) is 3.00. The molecule has 0 radical (unpaired) electrons. The van der Waals surface area contributed by atoms with Crippen LogP contribution in [0, 0.1) is 5.92 Å². The second-order valence-electron chi connectivity index (χ2n) is 6.76. The molecule has 0 aromatic carbocycles. The first-order chi connectivity index (χ1) is 13.0. The van der Waals surface area contributed by atoms with Crippen LogP contribution in [0.4, 0.5) is 0 Å². The van der Waals surface area contributed by atoms with Gasteiger partial charge in [-0.1, -0.05) is 0 Å². The molecule has 3 aromatic heterocycles. The molecular formula is C18H21N5O3S. The zero-order chi connectivity index (χ0) is 19.0. The van der Waals surface area contributed by atoms with Gasteiger partial charge in [0, 0.05) is 26.9 Å². The largest absolute Gasteiger partial charge is 0.371 e. The number of amides is 1. The van der Waals surface area contributed by atoms with E-state index in [1.807, 2.05) is 24.6 Å². The minimum absolute atomic E-state index is 0.0195. The number of carbonyl (C=O) groups excluding carboxylic acids is 1. The molecule has 2 atom stereocenters. The molecule has 142 valence electrons. The van der Waals surface area contributed by atoms with E-state index in [9.17, 15) is 9.59 Å². The zero-order valence-corrected chi connectivity index (χ0v) is 16.0. The number of hydrogen-bond donors (Lipinski definition) is 1. The zero-order valence-electron chi connectivity index (χ0n) is 15.2. The van der Waals surface area contributed by atoms with E-state index in [1.165, 1.54) is 11.3 Å². The Morgan fingerprint density at radius 3 is 3.11 bits per heavy atom. The Balaban J connectivity index is 1.55. The van der Waals surface area contributed by atoms with E-state index in [1.54, 1.807) is 22.8 Å². The molecule has 1 fully saturated rings. The number of nitrogens with one attached hydrogen (secondary N) is 1. The van der Waals surface area contributed by atoms with Crippen molar-refractivity contribution in [2.75, 3.05) is 13.7 Å².